The number of nitrogen functional groups attached to an aromatic ring is 1. The second-order valence-corrected chi connectivity index (χ2v) is 5.70. The fraction of sp³-hybridized carbons (Fsp3) is 0.667. The van der Waals surface area contributed by atoms with Crippen LogP contribution in [-0.2, 0) is 21.8 Å². The minimum atomic E-state index is -3.60. The molecule has 1 unspecified atom stereocenters. The lowest BCUT2D eigenvalue weighted by atomic mass is 10.2. The van der Waals surface area contributed by atoms with E-state index in [1.807, 2.05) is 6.92 Å². The monoisotopic (exact) mass is 262 g/mol. The zero-order chi connectivity index (χ0) is 13.1. The number of nitrogens with one attached hydrogen (secondary N) is 1. The van der Waals surface area contributed by atoms with Gasteiger partial charge in [0.25, 0.3) is 0 Å². The third-order valence-corrected chi connectivity index (χ3v) is 3.62. The highest BCUT2D eigenvalue weighted by Crippen LogP contribution is 2.15. The summed E-state index contributed by atoms with van der Waals surface area (Å²) in [7, 11) is -0.410. The summed E-state index contributed by atoms with van der Waals surface area (Å²) in [5, 5.41) is 3.79. The summed E-state index contributed by atoms with van der Waals surface area (Å²) in [5.74, 6) is 0.0899. The summed E-state index contributed by atoms with van der Waals surface area (Å²) in [4.78, 5) is 0.00427. The lowest BCUT2D eigenvalue weighted by Gasteiger charge is -2.11. The van der Waals surface area contributed by atoms with E-state index in [2.05, 4.69) is 9.82 Å². The highest BCUT2D eigenvalue weighted by Gasteiger charge is 2.20. The molecule has 0 aromatic carbocycles. The Morgan fingerprint density at radius 2 is 2.29 bits per heavy atom. The number of anilines is 1. The van der Waals surface area contributed by atoms with Crippen molar-refractivity contribution < 1.29 is 13.2 Å². The summed E-state index contributed by atoms with van der Waals surface area (Å²) < 4.78 is 32.5. The third kappa shape index (κ3) is 3.69. The fourth-order valence-corrected chi connectivity index (χ4v) is 2.63. The molecule has 1 rings (SSSR count). The Labute approximate surface area is 101 Å². The van der Waals surface area contributed by atoms with Crippen molar-refractivity contribution in [2.24, 2.45) is 13.0 Å². The Morgan fingerprint density at radius 1 is 1.65 bits per heavy atom. The largest absolute Gasteiger partial charge is 0.384 e. The molecule has 1 aromatic heterocycles. The van der Waals surface area contributed by atoms with Gasteiger partial charge in [0.05, 0.1) is 0 Å². The van der Waals surface area contributed by atoms with E-state index in [9.17, 15) is 8.42 Å². The van der Waals surface area contributed by atoms with E-state index in [-0.39, 0.29) is 16.6 Å². The summed E-state index contributed by atoms with van der Waals surface area (Å²) in [6.07, 6.45) is 1.37. The number of aryl methyl sites for hydroxylation is 1. The van der Waals surface area contributed by atoms with Crippen molar-refractivity contribution in [2.45, 2.75) is 11.8 Å². The number of aromatic nitrogens is 2. The molecule has 0 radical (unpaired) electrons. The van der Waals surface area contributed by atoms with E-state index in [1.54, 1.807) is 14.2 Å². The third-order valence-electron chi connectivity index (χ3n) is 2.18. The quantitative estimate of drug-likeness (QED) is 0.724. The molecule has 0 aliphatic heterocycles. The van der Waals surface area contributed by atoms with Crippen LogP contribution in [0.15, 0.2) is 11.1 Å². The van der Waals surface area contributed by atoms with Crippen LogP contribution in [-0.4, -0.2) is 38.5 Å². The molecule has 0 amide bonds. The van der Waals surface area contributed by atoms with Gasteiger partial charge >= 0.3 is 0 Å². The molecule has 0 aliphatic rings. The molecule has 8 heteroatoms. The van der Waals surface area contributed by atoms with Gasteiger partial charge in [-0.2, -0.15) is 5.10 Å². The molecule has 98 valence electrons. The van der Waals surface area contributed by atoms with Gasteiger partial charge in [0.15, 0.2) is 5.82 Å². The maximum Gasteiger partial charge on any atom is 0.245 e. The van der Waals surface area contributed by atoms with Gasteiger partial charge in [-0.15, -0.1) is 0 Å². The molecule has 0 saturated heterocycles. The first-order valence-electron chi connectivity index (χ1n) is 5.14. The van der Waals surface area contributed by atoms with E-state index in [1.165, 1.54) is 10.9 Å². The Kier molecular flexibility index (Phi) is 4.49. The predicted octanol–water partition coefficient (Wildman–Crippen LogP) is -0.437. The summed E-state index contributed by atoms with van der Waals surface area (Å²) in [6, 6.07) is 0. The summed E-state index contributed by atoms with van der Waals surface area (Å²) in [5.41, 5.74) is 5.52. The number of nitrogens with two attached hydrogens (primary N) is 1. The first-order chi connectivity index (χ1) is 7.86. The topological polar surface area (TPSA) is 99.2 Å². The van der Waals surface area contributed by atoms with Gasteiger partial charge in [-0.3, -0.25) is 4.68 Å². The van der Waals surface area contributed by atoms with Crippen LogP contribution in [0.2, 0.25) is 0 Å². The van der Waals surface area contributed by atoms with Crippen molar-refractivity contribution in [3.05, 3.63) is 6.20 Å². The van der Waals surface area contributed by atoms with E-state index in [0.717, 1.165) is 0 Å². The van der Waals surface area contributed by atoms with Gasteiger partial charge in [0.2, 0.25) is 10.0 Å². The van der Waals surface area contributed by atoms with Gasteiger partial charge in [-0.05, 0) is 5.92 Å². The number of hydrogen-bond acceptors (Lipinski definition) is 5. The minimum Gasteiger partial charge on any atom is -0.384 e. The van der Waals surface area contributed by atoms with Crippen LogP contribution in [0.4, 0.5) is 5.82 Å². The summed E-state index contributed by atoms with van der Waals surface area (Å²) >= 11 is 0. The normalized spacial score (nSPS) is 13.8. The lowest BCUT2D eigenvalue weighted by molar-refractivity contribution is 0.161. The van der Waals surface area contributed by atoms with Crippen LogP contribution in [0.5, 0.6) is 0 Å². The molecule has 0 saturated carbocycles. The number of nitrogens with zero attached hydrogens (tertiary/aromatic N) is 2. The molecule has 0 bridgehead atoms. The Morgan fingerprint density at radius 3 is 2.76 bits per heavy atom. The second-order valence-electron chi connectivity index (χ2n) is 3.96. The van der Waals surface area contributed by atoms with Gasteiger partial charge in [0.1, 0.15) is 4.90 Å². The second kappa shape index (κ2) is 5.48. The highest BCUT2D eigenvalue weighted by molar-refractivity contribution is 7.89. The van der Waals surface area contributed by atoms with Crippen molar-refractivity contribution >= 4 is 15.8 Å². The van der Waals surface area contributed by atoms with Gasteiger partial charge in [-0.1, -0.05) is 6.92 Å². The molecule has 0 spiro atoms. The molecule has 17 heavy (non-hydrogen) atoms. The smallest absolute Gasteiger partial charge is 0.245 e. The molecule has 1 aromatic rings. The number of rotatable bonds is 6. The number of ether oxygens (including phenoxy) is 1. The van der Waals surface area contributed by atoms with Crippen LogP contribution < -0.4 is 10.5 Å². The maximum atomic E-state index is 11.9. The molecule has 3 N–H and O–H groups in total. The minimum absolute atomic E-state index is 0.000561. The van der Waals surface area contributed by atoms with Crippen LogP contribution in [0.3, 0.4) is 0 Å². The Balaban J connectivity index is 2.73. The molecule has 1 atom stereocenters. The van der Waals surface area contributed by atoms with E-state index < -0.39 is 10.0 Å². The van der Waals surface area contributed by atoms with Crippen molar-refractivity contribution in [2.75, 3.05) is 26.0 Å². The van der Waals surface area contributed by atoms with Crippen LogP contribution in [0.1, 0.15) is 6.92 Å². The predicted molar refractivity (Wildman–Crippen MR) is 63.8 cm³/mol. The van der Waals surface area contributed by atoms with Gasteiger partial charge < -0.3 is 10.5 Å². The average molecular weight is 262 g/mol. The van der Waals surface area contributed by atoms with Crippen molar-refractivity contribution in [1.29, 1.82) is 0 Å². The van der Waals surface area contributed by atoms with E-state index in [0.29, 0.717) is 13.2 Å². The zero-order valence-electron chi connectivity index (χ0n) is 10.2. The van der Waals surface area contributed by atoms with Crippen LogP contribution in [0, 0.1) is 5.92 Å². The Bertz CT molecular complexity index is 469. The first kappa shape index (κ1) is 13.9. The number of hydrogen-bond donors (Lipinski definition) is 2. The molecule has 0 fully saturated rings. The van der Waals surface area contributed by atoms with Crippen LogP contribution >= 0.6 is 0 Å². The van der Waals surface area contributed by atoms with Crippen molar-refractivity contribution in [1.82, 2.24) is 14.5 Å². The zero-order valence-corrected chi connectivity index (χ0v) is 11.0. The molecule has 1 heterocycles. The summed E-state index contributed by atoms with van der Waals surface area (Å²) in [6.45, 7) is 2.67. The Hall–Kier alpha value is -1.12. The van der Waals surface area contributed by atoms with Crippen molar-refractivity contribution in [3.8, 4) is 0 Å². The van der Waals surface area contributed by atoms with Gasteiger partial charge in [0, 0.05) is 33.5 Å². The molecule has 7 nitrogen and oxygen atoms in total. The highest BCUT2D eigenvalue weighted by atomic mass is 32.2. The number of methoxy groups -OCH3 is 1. The maximum absolute atomic E-state index is 11.9. The SMILES string of the molecule is COCC(C)CNS(=O)(=O)c1cn(C)nc1N. The van der Waals surface area contributed by atoms with Crippen molar-refractivity contribution in [3.63, 3.8) is 0 Å². The first-order valence-corrected chi connectivity index (χ1v) is 6.63. The van der Waals surface area contributed by atoms with Gasteiger partial charge in [-0.25, -0.2) is 13.1 Å². The standard InChI is InChI=1S/C9H18N4O3S/c1-7(6-16-3)4-11-17(14,15)8-5-13(2)12-9(8)10/h5,7,11H,4,6H2,1-3H3,(H2,10,12). The number of sulfonamides is 1. The van der Waals surface area contributed by atoms with E-state index in [4.69, 9.17) is 10.5 Å². The lowest BCUT2D eigenvalue weighted by Crippen LogP contribution is -2.30. The van der Waals surface area contributed by atoms with E-state index >= 15 is 0 Å². The van der Waals surface area contributed by atoms with Crippen LogP contribution in [0.25, 0.3) is 0 Å². The molecule has 0 aliphatic carbocycles. The average Bonchev–Trinajstić information content (AvgIpc) is 2.56. The molecular weight excluding hydrogens is 244 g/mol. The molecular formula is C9H18N4O3S. The fourth-order valence-electron chi connectivity index (χ4n) is 1.36.